The number of nitrogens with one attached hydrogen (secondary N) is 1. The van der Waals surface area contributed by atoms with Crippen LogP contribution in [0.5, 0.6) is 17.2 Å². The molecule has 0 saturated heterocycles. The molecular weight excluding hydrogens is 377 g/mol. The molecule has 4 nitrogen and oxygen atoms in total. The maximum absolute atomic E-state index is 13.0. The number of benzene rings is 3. The molecule has 0 unspecified atom stereocenters. The Morgan fingerprint density at radius 2 is 1.61 bits per heavy atom. The van der Waals surface area contributed by atoms with Crippen molar-refractivity contribution >= 4 is 29.5 Å². The zero-order valence-electron chi connectivity index (χ0n) is 15.3. The molecule has 0 saturated carbocycles. The van der Waals surface area contributed by atoms with Gasteiger partial charge in [0.1, 0.15) is 34.4 Å². The number of anilines is 1. The molecule has 1 N–H and O–H groups in total. The number of hydrogen-bond acceptors (Lipinski definition) is 5. The lowest BCUT2D eigenvalue weighted by atomic mass is 10.1. The minimum Gasteiger partial charge on any atom is -0.495 e. The average molecular weight is 395 g/mol. The van der Waals surface area contributed by atoms with Crippen molar-refractivity contribution in [1.29, 1.82) is 0 Å². The number of methoxy groups -OCH3 is 1. The highest BCUT2D eigenvalue weighted by atomic mass is 32.1. The lowest BCUT2D eigenvalue weighted by Crippen LogP contribution is -1.89. The first-order chi connectivity index (χ1) is 13.6. The van der Waals surface area contributed by atoms with E-state index in [0.717, 1.165) is 33.5 Å². The average Bonchev–Trinajstić information content (AvgIpc) is 3.05. The highest BCUT2D eigenvalue weighted by Gasteiger charge is 2.15. The van der Waals surface area contributed by atoms with Gasteiger partial charge in [0.25, 0.3) is 0 Å². The predicted molar refractivity (Wildman–Crippen MR) is 112 cm³/mol. The Balaban J connectivity index is 1.66. The largest absolute Gasteiger partial charge is 0.495 e. The van der Waals surface area contributed by atoms with Crippen LogP contribution in [0.1, 0.15) is 5.56 Å². The van der Waals surface area contributed by atoms with Crippen LogP contribution in [0.2, 0.25) is 0 Å². The third kappa shape index (κ3) is 3.39. The summed E-state index contributed by atoms with van der Waals surface area (Å²) in [6.45, 7) is 2.01. The van der Waals surface area contributed by atoms with E-state index in [4.69, 9.17) is 13.9 Å². The van der Waals surface area contributed by atoms with Crippen LogP contribution in [0.15, 0.2) is 65.1 Å². The first-order valence-corrected chi connectivity index (χ1v) is 9.09. The van der Waals surface area contributed by atoms with Crippen LogP contribution in [0.25, 0.3) is 22.3 Å². The fourth-order valence-electron chi connectivity index (χ4n) is 3.09. The van der Waals surface area contributed by atoms with E-state index < -0.39 is 0 Å². The maximum atomic E-state index is 13.0. The lowest BCUT2D eigenvalue weighted by molar-refractivity contribution is 0.417. The van der Waals surface area contributed by atoms with Gasteiger partial charge in [-0.2, -0.15) is 0 Å². The van der Waals surface area contributed by atoms with Crippen LogP contribution < -0.4 is 14.2 Å². The van der Waals surface area contributed by atoms with Gasteiger partial charge in [0.15, 0.2) is 0 Å². The first kappa shape index (κ1) is 18.3. The molecule has 28 heavy (non-hydrogen) atoms. The molecular formula is C22H18FNO3S. The Kier molecular flexibility index (Phi) is 4.88. The number of furan rings is 1. The van der Waals surface area contributed by atoms with Gasteiger partial charge in [-0.05, 0) is 61.5 Å². The van der Waals surface area contributed by atoms with Gasteiger partial charge in [-0.25, -0.2) is 4.39 Å². The van der Waals surface area contributed by atoms with Gasteiger partial charge in [0.2, 0.25) is 0 Å². The fourth-order valence-corrected chi connectivity index (χ4v) is 3.27. The third-order valence-corrected chi connectivity index (χ3v) is 4.79. The zero-order chi connectivity index (χ0) is 19.7. The summed E-state index contributed by atoms with van der Waals surface area (Å²) in [6.07, 6.45) is 0. The maximum Gasteiger partial charge on any atom is 0.143 e. The molecule has 4 aromatic rings. The Hall–Kier alpha value is -3.12. The van der Waals surface area contributed by atoms with E-state index in [0.29, 0.717) is 17.2 Å². The molecule has 1 heterocycles. The summed E-state index contributed by atoms with van der Waals surface area (Å²) < 4.78 is 33.0. The summed E-state index contributed by atoms with van der Waals surface area (Å²) in [5.74, 6) is 2.42. The van der Waals surface area contributed by atoms with E-state index in [2.05, 4.69) is 17.5 Å². The van der Waals surface area contributed by atoms with Crippen LogP contribution >= 0.6 is 12.8 Å². The van der Waals surface area contributed by atoms with Crippen molar-refractivity contribution in [1.82, 2.24) is 0 Å². The van der Waals surface area contributed by atoms with Gasteiger partial charge < -0.3 is 18.6 Å². The molecule has 1 aromatic heterocycles. The molecule has 0 aliphatic heterocycles. The molecule has 0 aliphatic carbocycles. The topological polar surface area (TPSA) is 43.6 Å². The van der Waals surface area contributed by atoms with Crippen LogP contribution in [0, 0.1) is 12.7 Å². The standard InChI is InChI=1S/C22H18FNO3S/c1-13-18-11-21(25-2)19(24-28)12-20(18)27-22(13)14-3-7-16(8-4-14)26-17-9-5-15(23)6-10-17/h3-12,24,28H,1-2H3. The molecule has 0 radical (unpaired) electrons. The number of aryl methyl sites for hydroxylation is 1. The highest BCUT2D eigenvalue weighted by Crippen LogP contribution is 2.39. The van der Waals surface area contributed by atoms with Gasteiger partial charge >= 0.3 is 0 Å². The summed E-state index contributed by atoms with van der Waals surface area (Å²) in [5, 5.41) is 0.978. The molecule has 0 spiro atoms. The smallest absolute Gasteiger partial charge is 0.143 e. The van der Waals surface area contributed by atoms with E-state index in [1.807, 2.05) is 43.3 Å². The number of ether oxygens (including phenoxy) is 2. The Labute approximate surface area is 167 Å². The van der Waals surface area contributed by atoms with Gasteiger partial charge in [-0.15, -0.1) is 0 Å². The van der Waals surface area contributed by atoms with Crippen LogP contribution in [-0.4, -0.2) is 7.11 Å². The zero-order valence-corrected chi connectivity index (χ0v) is 16.2. The highest BCUT2D eigenvalue weighted by molar-refractivity contribution is 7.81. The fraction of sp³-hybridized carbons (Fsp3) is 0.0909. The summed E-state index contributed by atoms with van der Waals surface area (Å²) in [6, 6.07) is 17.3. The second kappa shape index (κ2) is 7.48. The van der Waals surface area contributed by atoms with Crippen molar-refractivity contribution in [3.8, 4) is 28.6 Å². The Bertz CT molecular complexity index is 1120. The normalized spacial score (nSPS) is 10.9. The molecule has 3 aromatic carbocycles. The lowest BCUT2D eigenvalue weighted by Gasteiger charge is -2.06. The number of halogens is 1. The summed E-state index contributed by atoms with van der Waals surface area (Å²) in [7, 11) is 1.62. The van der Waals surface area contributed by atoms with Crippen molar-refractivity contribution in [2.24, 2.45) is 0 Å². The molecule has 6 heteroatoms. The van der Waals surface area contributed by atoms with E-state index in [-0.39, 0.29) is 5.82 Å². The number of fused-ring (bicyclic) bond motifs is 1. The summed E-state index contributed by atoms with van der Waals surface area (Å²) in [5.41, 5.74) is 3.43. The molecule has 0 aliphatic rings. The molecule has 142 valence electrons. The summed E-state index contributed by atoms with van der Waals surface area (Å²) in [4.78, 5) is 0. The third-order valence-electron chi connectivity index (χ3n) is 4.54. The molecule has 4 rings (SSSR count). The summed E-state index contributed by atoms with van der Waals surface area (Å²) >= 11 is 4.11. The van der Waals surface area contributed by atoms with Crippen LogP contribution in [0.4, 0.5) is 10.1 Å². The minimum absolute atomic E-state index is 0.295. The van der Waals surface area contributed by atoms with E-state index in [1.54, 1.807) is 19.2 Å². The van der Waals surface area contributed by atoms with Crippen molar-refractivity contribution in [2.75, 3.05) is 11.8 Å². The Morgan fingerprint density at radius 1 is 0.964 bits per heavy atom. The van der Waals surface area contributed by atoms with Gasteiger partial charge in [-0.3, -0.25) is 0 Å². The second-order valence-electron chi connectivity index (χ2n) is 6.30. The van der Waals surface area contributed by atoms with Crippen molar-refractivity contribution in [3.05, 3.63) is 72.0 Å². The van der Waals surface area contributed by atoms with E-state index in [1.165, 1.54) is 12.1 Å². The molecule has 0 atom stereocenters. The van der Waals surface area contributed by atoms with Crippen molar-refractivity contribution < 1.29 is 18.3 Å². The number of hydrogen-bond donors (Lipinski definition) is 2. The van der Waals surface area contributed by atoms with Gasteiger partial charge in [-0.1, -0.05) is 12.8 Å². The van der Waals surface area contributed by atoms with E-state index >= 15 is 0 Å². The molecule has 0 bridgehead atoms. The quantitative estimate of drug-likeness (QED) is 0.373. The Morgan fingerprint density at radius 3 is 2.21 bits per heavy atom. The van der Waals surface area contributed by atoms with Crippen molar-refractivity contribution in [2.45, 2.75) is 6.92 Å². The van der Waals surface area contributed by atoms with Crippen molar-refractivity contribution in [3.63, 3.8) is 0 Å². The minimum atomic E-state index is -0.295. The van der Waals surface area contributed by atoms with Crippen LogP contribution in [-0.2, 0) is 0 Å². The van der Waals surface area contributed by atoms with Gasteiger partial charge in [0, 0.05) is 22.6 Å². The first-order valence-electron chi connectivity index (χ1n) is 8.64. The monoisotopic (exact) mass is 395 g/mol. The van der Waals surface area contributed by atoms with Crippen LogP contribution in [0.3, 0.4) is 0 Å². The van der Waals surface area contributed by atoms with E-state index in [9.17, 15) is 4.39 Å². The predicted octanol–water partition coefficient (Wildman–Crippen LogP) is 6.60. The second-order valence-corrected chi connectivity index (χ2v) is 6.52. The van der Waals surface area contributed by atoms with Gasteiger partial charge in [0.05, 0.1) is 12.8 Å². The molecule has 0 fully saturated rings. The SMILES string of the molecule is COc1cc2c(C)c(-c3ccc(Oc4ccc(F)cc4)cc3)oc2cc1NS. The molecule has 0 amide bonds. The number of thiol groups is 1. The number of rotatable bonds is 5.